The number of hydrogen-bond donors (Lipinski definition) is 1. The molecule has 2 rings (SSSR count). The average Bonchev–Trinajstić information content (AvgIpc) is 2.77. The first-order chi connectivity index (χ1) is 8.56. The first-order valence-electron chi connectivity index (χ1n) is 6.06. The molecule has 1 fully saturated rings. The minimum atomic E-state index is -2.89. The largest absolute Gasteiger partial charge is 0.369 e. The van der Waals surface area contributed by atoms with Gasteiger partial charge >= 0.3 is 0 Å². The average molecular weight is 273 g/mol. The molecule has 1 aromatic heterocycles. The summed E-state index contributed by atoms with van der Waals surface area (Å²) in [5, 5.41) is 3.27. The number of hydrogen-bond acceptors (Lipinski definition) is 5. The van der Waals surface area contributed by atoms with Gasteiger partial charge in [-0.3, -0.25) is 0 Å². The molecule has 1 aromatic rings. The normalized spacial score (nSPS) is 21.1. The summed E-state index contributed by atoms with van der Waals surface area (Å²) in [5.74, 6) is 0.203. The molecule has 1 atom stereocenters. The van der Waals surface area contributed by atoms with E-state index in [4.69, 9.17) is 4.74 Å². The van der Waals surface area contributed by atoms with E-state index in [1.54, 1.807) is 12.5 Å². The number of imidazole rings is 1. The second-order valence-electron chi connectivity index (χ2n) is 4.56. The van der Waals surface area contributed by atoms with Gasteiger partial charge in [-0.15, -0.1) is 0 Å². The minimum absolute atomic E-state index is 0.0134. The summed E-state index contributed by atoms with van der Waals surface area (Å²) >= 11 is 0. The molecule has 2 heterocycles. The first-order valence-corrected chi connectivity index (χ1v) is 8.12. The van der Waals surface area contributed by atoms with Gasteiger partial charge in [0.05, 0.1) is 30.6 Å². The van der Waals surface area contributed by atoms with Crippen molar-refractivity contribution in [1.82, 2.24) is 14.9 Å². The van der Waals surface area contributed by atoms with Crippen LogP contribution in [0.5, 0.6) is 0 Å². The minimum Gasteiger partial charge on any atom is -0.369 e. The highest BCUT2D eigenvalue weighted by molar-refractivity contribution is 7.90. The third-order valence-electron chi connectivity index (χ3n) is 2.92. The van der Waals surface area contributed by atoms with Gasteiger partial charge in [0.1, 0.15) is 15.9 Å². The summed E-state index contributed by atoms with van der Waals surface area (Å²) in [6.07, 6.45) is 5.39. The van der Waals surface area contributed by atoms with E-state index in [1.165, 1.54) is 6.26 Å². The van der Waals surface area contributed by atoms with Gasteiger partial charge in [0.25, 0.3) is 0 Å². The Kier molecular flexibility index (Phi) is 4.36. The fourth-order valence-corrected chi connectivity index (χ4v) is 2.69. The molecular formula is C11H19N3O3S. The van der Waals surface area contributed by atoms with E-state index in [1.807, 2.05) is 4.57 Å². The molecule has 0 bridgehead atoms. The Bertz CT molecular complexity index is 477. The monoisotopic (exact) mass is 273 g/mol. The van der Waals surface area contributed by atoms with Crippen LogP contribution >= 0.6 is 0 Å². The van der Waals surface area contributed by atoms with Crippen molar-refractivity contribution in [2.24, 2.45) is 0 Å². The fourth-order valence-electron chi connectivity index (χ4n) is 2.04. The van der Waals surface area contributed by atoms with Crippen LogP contribution in [0.1, 0.15) is 18.2 Å². The van der Waals surface area contributed by atoms with Crippen LogP contribution in [0.25, 0.3) is 0 Å². The molecule has 1 N–H and O–H groups in total. The molecule has 1 saturated heterocycles. The molecule has 1 aliphatic heterocycles. The van der Waals surface area contributed by atoms with Crippen molar-refractivity contribution in [2.45, 2.75) is 19.1 Å². The number of rotatable bonds is 5. The van der Waals surface area contributed by atoms with Crippen molar-refractivity contribution in [3.63, 3.8) is 0 Å². The number of sulfone groups is 1. The van der Waals surface area contributed by atoms with Gasteiger partial charge in [0.2, 0.25) is 0 Å². The fraction of sp³-hybridized carbons (Fsp3) is 0.727. The van der Waals surface area contributed by atoms with Gasteiger partial charge in [-0.1, -0.05) is 0 Å². The number of nitrogens with zero attached hydrogens (tertiary/aromatic N) is 2. The van der Waals surface area contributed by atoms with Crippen molar-refractivity contribution < 1.29 is 13.2 Å². The molecule has 0 spiro atoms. The number of aromatic nitrogens is 2. The standard InChI is InChI=1S/C11H19N3O3S/c1-18(15,16)6-2-4-14-9-13-7-10(14)11-8-12-3-5-17-11/h7,9,11-12H,2-6,8H2,1H3. The van der Waals surface area contributed by atoms with Gasteiger partial charge in [-0.25, -0.2) is 13.4 Å². The Morgan fingerprint density at radius 2 is 2.44 bits per heavy atom. The lowest BCUT2D eigenvalue weighted by atomic mass is 10.2. The second-order valence-corrected chi connectivity index (χ2v) is 6.82. The van der Waals surface area contributed by atoms with Crippen LogP contribution in [0.4, 0.5) is 0 Å². The van der Waals surface area contributed by atoms with Crippen molar-refractivity contribution in [3.05, 3.63) is 18.2 Å². The zero-order valence-corrected chi connectivity index (χ0v) is 11.3. The number of ether oxygens (including phenoxy) is 1. The molecule has 0 radical (unpaired) electrons. The first kappa shape index (κ1) is 13.5. The van der Waals surface area contributed by atoms with Crippen LogP contribution in [0, 0.1) is 0 Å². The van der Waals surface area contributed by atoms with Crippen LogP contribution in [-0.4, -0.2) is 49.7 Å². The molecule has 102 valence electrons. The van der Waals surface area contributed by atoms with Gasteiger partial charge in [0.15, 0.2) is 0 Å². The maximum atomic E-state index is 11.1. The van der Waals surface area contributed by atoms with Gasteiger partial charge in [-0.2, -0.15) is 0 Å². The smallest absolute Gasteiger partial charge is 0.147 e. The summed E-state index contributed by atoms with van der Waals surface area (Å²) < 4.78 is 29.8. The molecule has 18 heavy (non-hydrogen) atoms. The Balaban J connectivity index is 1.94. The molecule has 0 amide bonds. The van der Waals surface area contributed by atoms with Crippen molar-refractivity contribution in [1.29, 1.82) is 0 Å². The zero-order valence-electron chi connectivity index (χ0n) is 10.5. The highest BCUT2D eigenvalue weighted by Crippen LogP contribution is 2.18. The van der Waals surface area contributed by atoms with Crippen LogP contribution in [0.2, 0.25) is 0 Å². The lowest BCUT2D eigenvalue weighted by molar-refractivity contribution is 0.0227. The van der Waals surface area contributed by atoms with E-state index >= 15 is 0 Å². The summed E-state index contributed by atoms with van der Waals surface area (Å²) in [5.41, 5.74) is 1.01. The van der Waals surface area contributed by atoms with Crippen LogP contribution in [0.3, 0.4) is 0 Å². The van der Waals surface area contributed by atoms with E-state index < -0.39 is 9.84 Å². The predicted octanol–water partition coefficient (Wildman–Crippen LogP) is -0.0213. The van der Waals surface area contributed by atoms with E-state index in [0.717, 1.165) is 18.8 Å². The lowest BCUT2D eigenvalue weighted by Gasteiger charge is -2.24. The molecule has 1 unspecified atom stereocenters. The van der Waals surface area contributed by atoms with E-state index in [-0.39, 0.29) is 11.9 Å². The van der Waals surface area contributed by atoms with Gasteiger partial charge in [-0.05, 0) is 6.42 Å². The van der Waals surface area contributed by atoms with E-state index in [0.29, 0.717) is 19.6 Å². The Morgan fingerprint density at radius 1 is 1.61 bits per heavy atom. The Hall–Kier alpha value is -0.920. The summed E-state index contributed by atoms with van der Waals surface area (Å²) in [6, 6.07) is 0. The third-order valence-corrected chi connectivity index (χ3v) is 3.95. The highest BCUT2D eigenvalue weighted by atomic mass is 32.2. The van der Waals surface area contributed by atoms with Crippen molar-refractivity contribution in [2.75, 3.05) is 31.7 Å². The molecule has 6 nitrogen and oxygen atoms in total. The molecule has 0 saturated carbocycles. The van der Waals surface area contributed by atoms with Crippen molar-refractivity contribution >= 4 is 9.84 Å². The van der Waals surface area contributed by atoms with E-state index in [9.17, 15) is 8.42 Å². The number of morpholine rings is 1. The molecule has 0 aromatic carbocycles. The van der Waals surface area contributed by atoms with Crippen LogP contribution in [0.15, 0.2) is 12.5 Å². The van der Waals surface area contributed by atoms with E-state index in [2.05, 4.69) is 10.3 Å². The number of nitrogens with one attached hydrogen (secondary N) is 1. The topological polar surface area (TPSA) is 73.2 Å². The van der Waals surface area contributed by atoms with Gasteiger partial charge in [0, 0.05) is 25.9 Å². The molecular weight excluding hydrogens is 254 g/mol. The summed E-state index contributed by atoms with van der Waals surface area (Å²) in [4.78, 5) is 4.12. The third kappa shape index (κ3) is 3.79. The number of aryl methyl sites for hydroxylation is 1. The Labute approximate surface area is 107 Å². The molecule has 7 heteroatoms. The Morgan fingerprint density at radius 3 is 3.11 bits per heavy atom. The second kappa shape index (κ2) is 5.81. The quantitative estimate of drug-likeness (QED) is 0.816. The SMILES string of the molecule is CS(=O)(=O)CCCn1cncc1C1CNCCO1. The van der Waals surface area contributed by atoms with Crippen LogP contribution < -0.4 is 5.32 Å². The molecule has 0 aliphatic carbocycles. The summed E-state index contributed by atoms with van der Waals surface area (Å²) in [6.45, 7) is 3.00. The van der Waals surface area contributed by atoms with Crippen molar-refractivity contribution in [3.8, 4) is 0 Å². The lowest BCUT2D eigenvalue weighted by Crippen LogP contribution is -2.34. The van der Waals surface area contributed by atoms with Crippen LogP contribution in [-0.2, 0) is 21.1 Å². The maximum Gasteiger partial charge on any atom is 0.147 e. The highest BCUT2D eigenvalue weighted by Gasteiger charge is 2.19. The summed E-state index contributed by atoms with van der Waals surface area (Å²) in [7, 11) is -2.89. The zero-order chi connectivity index (χ0) is 13.0. The molecule has 1 aliphatic rings. The maximum absolute atomic E-state index is 11.1. The van der Waals surface area contributed by atoms with Gasteiger partial charge < -0.3 is 14.6 Å². The predicted molar refractivity (Wildman–Crippen MR) is 68.1 cm³/mol.